The highest BCUT2D eigenvalue weighted by Crippen LogP contribution is 2.49. The van der Waals surface area contributed by atoms with Crippen molar-refractivity contribution in [3.05, 3.63) is 52.8 Å². The van der Waals surface area contributed by atoms with Gasteiger partial charge < -0.3 is 14.6 Å². The van der Waals surface area contributed by atoms with Crippen molar-refractivity contribution in [2.45, 2.75) is 50.9 Å². The van der Waals surface area contributed by atoms with Crippen LogP contribution in [0, 0.1) is 5.41 Å². The summed E-state index contributed by atoms with van der Waals surface area (Å²) < 4.78 is 41.7. The van der Waals surface area contributed by atoms with Gasteiger partial charge in [-0.25, -0.2) is 0 Å². The number of hydrogen-bond acceptors (Lipinski definition) is 4. The van der Waals surface area contributed by atoms with Gasteiger partial charge in [0.15, 0.2) is 5.78 Å². The molecule has 34 heavy (non-hydrogen) atoms. The Hall–Kier alpha value is -2.81. The molecule has 1 N–H and O–H groups in total. The van der Waals surface area contributed by atoms with Gasteiger partial charge in [0, 0.05) is 42.9 Å². The van der Waals surface area contributed by atoms with Crippen LogP contribution >= 0.6 is 0 Å². The van der Waals surface area contributed by atoms with Crippen LogP contribution in [0.2, 0.25) is 0 Å². The molecule has 182 valence electrons. The number of amides is 1. The second-order valence-corrected chi connectivity index (χ2v) is 10.1. The van der Waals surface area contributed by atoms with Gasteiger partial charge in [0.2, 0.25) is 0 Å². The number of nitrogens with zero attached hydrogens (tertiary/aromatic N) is 3. The Morgan fingerprint density at radius 3 is 2.26 bits per heavy atom. The molecule has 1 aromatic carbocycles. The van der Waals surface area contributed by atoms with E-state index < -0.39 is 23.4 Å². The number of phenolic OH excluding ortho intramolecular Hbond substituents is 1. The first kappa shape index (κ1) is 23.0. The number of alkyl halides is 3. The molecule has 5 rings (SSSR count). The van der Waals surface area contributed by atoms with Crippen LogP contribution in [0.5, 0.6) is 5.75 Å². The zero-order valence-corrected chi connectivity index (χ0v) is 19.3. The fraction of sp³-hybridized carbons (Fsp3) is 0.520. The van der Waals surface area contributed by atoms with Crippen LogP contribution in [-0.4, -0.2) is 57.8 Å². The highest BCUT2D eigenvalue weighted by Gasteiger charge is 2.49. The molecule has 1 aliphatic carbocycles. The largest absolute Gasteiger partial charge is 0.507 e. The van der Waals surface area contributed by atoms with Crippen LogP contribution < -0.4 is 0 Å². The molecule has 1 spiro atoms. The zero-order valence-electron chi connectivity index (χ0n) is 19.3. The Kier molecular flexibility index (Phi) is 5.13. The summed E-state index contributed by atoms with van der Waals surface area (Å²) in [5.41, 5.74) is -0.0508. The summed E-state index contributed by atoms with van der Waals surface area (Å²) in [7, 11) is 2.05. The number of fused-ring (bicyclic) bond motifs is 2. The second kappa shape index (κ2) is 7.60. The molecule has 6 nitrogen and oxygen atoms in total. The lowest BCUT2D eigenvalue weighted by atomic mass is 9.81. The Morgan fingerprint density at radius 2 is 1.65 bits per heavy atom. The molecule has 3 heterocycles. The minimum Gasteiger partial charge on any atom is -0.507 e. The standard InChI is InChI=1S/C25H28F3N3O3/c1-23(7-8-23)21(33)18-4-6-20-24(29(2)13-14-31(18)20)9-11-30(12-10-24)22(34)16-3-5-19(32)17(15-16)25(26,27)28/h3-6,15,32H,7-14H2,1-2H3. The number of benzene rings is 1. The van der Waals surface area contributed by atoms with Gasteiger partial charge in [-0.05, 0) is 63.1 Å². The fourth-order valence-corrected chi connectivity index (χ4v) is 5.49. The highest BCUT2D eigenvalue weighted by atomic mass is 19.4. The van der Waals surface area contributed by atoms with Crippen molar-refractivity contribution in [2.24, 2.45) is 5.41 Å². The predicted molar refractivity (Wildman–Crippen MR) is 119 cm³/mol. The van der Waals surface area contributed by atoms with Crippen LogP contribution in [0.15, 0.2) is 30.3 Å². The first-order valence-electron chi connectivity index (χ1n) is 11.6. The molecule has 0 radical (unpaired) electrons. The molecule has 3 aliphatic rings. The molecule has 1 saturated heterocycles. The van der Waals surface area contributed by atoms with Gasteiger partial charge in [0.1, 0.15) is 5.75 Å². The fourth-order valence-electron chi connectivity index (χ4n) is 5.49. The lowest BCUT2D eigenvalue weighted by Crippen LogP contribution is -2.56. The Bertz CT molecular complexity index is 1160. The number of likely N-dealkylation sites (tertiary alicyclic amines) is 1. The number of aromatic hydroxyl groups is 1. The van der Waals surface area contributed by atoms with E-state index in [2.05, 4.69) is 9.47 Å². The van der Waals surface area contributed by atoms with Crippen LogP contribution in [0.1, 0.15) is 64.7 Å². The summed E-state index contributed by atoms with van der Waals surface area (Å²) in [5, 5.41) is 9.57. The summed E-state index contributed by atoms with van der Waals surface area (Å²) in [6.45, 7) is 4.29. The predicted octanol–water partition coefficient (Wildman–Crippen LogP) is 4.27. The number of piperidine rings is 1. The van der Waals surface area contributed by atoms with Crippen LogP contribution in [-0.2, 0) is 18.3 Å². The molecule has 1 aromatic heterocycles. The highest BCUT2D eigenvalue weighted by molar-refractivity contribution is 6.01. The molecule has 2 aromatic rings. The number of carbonyl (C=O) groups excluding carboxylic acids is 2. The summed E-state index contributed by atoms with van der Waals surface area (Å²) in [5.74, 6) is -1.18. The van der Waals surface area contributed by atoms with Crippen molar-refractivity contribution in [3.8, 4) is 5.75 Å². The number of likely N-dealkylation sites (N-methyl/N-ethyl adjacent to an activating group) is 1. The number of Topliss-reactive ketones (excluding diaryl/α,β-unsaturated/α-hetero) is 1. The zero-order chi connectivity index (χ0) is 24.5. The normalized spacial score (nSPS) is 21.4. The minimum absolute atomic E-state index is 0.0907. The van der Waals surface area contributed by atoms with Crippen molar-refractivity contribution >= 4 is 11.7 Å². The van der Waals surface area contributed by atoms with Crippen molar-refractivity contribution in [1.29, 1.82) is 0 Å². The number of rotatable bonds is 3. The second-order valence-electron chi connectivity index (χ2n) is 10.1. The number of ketones is 1. The first-order valence-corrected chi connectivity index (χ1v) is 11.6. The molecular formula is C25H28F3N3O3. The van der Waals surface area contributed by atoms with Crippen molar-refractivity contribution in [1.82, 2.24) is 14.4 Å². The minimum atomic E-state index is -4.74. The van der Waals surface area contributed by atoms with Gasteiger partial charge >= 0.3 is 6.18 Å². The van der Waals surface area contributed by atoms with E-state index in [0.29, 0.717) is 25.9 Å². The van der Waals surface area contributed by atoms with Gasteiger partial charge in [-0.3, -0.25) is 14.5 Å². The number of halogens is 3. The number of hydrogen-bond donors (Lipinski definition) is 1. The topological polar surface area (TPSA) is 65.8 Å². The van der Waals surface area contributed by atoms with E-state index in [-0.39, 0.29) is 22.3 Å². The quantitative estimate of drug-likeness (QED) is 0.674. The van der Waals surface area contributed by atoms with Crippen LogP contribution in [0.4, 0.5) is 13.2 Å². The molecule has 0 bridgehead atoms. The monoisotopic (exact) mass is 475 g/mol. The molecular weight excluding hydrogens is 447 g/mol. The SMILES string of the molecule is CN1CCn2c(C(=O)C3(C)CC3)ccc2C12CCN(C(=O)c1ccc(O)c(C(F)(F)F)c1)CC2. The van der Waals surface area contributed by atoms with E-state index in [1.165, 1.54) is 6.07 Å². The van der Waals surface area contributed by atoms with Gasteiger partial charge in [0.25, 0.3) is 5.91 Å². The summed E-state index contributed by atoms with van der Waals surface area (Å²) in [4.78, 5) is 29.9. The summed E-state index contributed by atoms with van der Waals surface area (Å²) in [6.07, 6.45) is -1.67. The molecule has 0 atom stereocenters. The molecule has 1 amide bonds. The maximum atomic E-state index is 13.2. The average molecular weight is 476 g/mol. The Morgan fingerprint density at radius 1 is 0.971 bits per heavy atom. The molecule has 9 heteroatoms. The van der Waals surface area contributed by atoms with Crippen molar-refractivity contribution in [2.75, 3.05) is 26.7 Å². The van der Waals surface area contributed by atoms with E-state index in [1.807, 2.05) is 26.1 Å². The summed E-state index contributed by atoms with van der Waals surface area (Å²) in [6, 6.07) is 6.82. The maximum absolute atomic E-state index is 13.2. The van der Waals surface area contributed by atoms with E-state index in [4.69, 9.17) is 0 Å². The lowest BCUT2D eigenvalue weighted by Gasteiger charge is -2.50. The third kappa shape index (κ3) is 3.52. The van der Waals surface area contributed by atoms with Gasteiger partial charge in [0.05, 0.1) is 16.8 Å². The Balaban J connectivity index is 1.38. The van der Waals surface area contributed by atoms with Crippen LogP contribution in [0.3, 0.4) is 0 Å². The van der Waals surface area contributed by atoms with E-state index >= 15 is 0 Å². The van der Waals surface area contributed by atoms with Gasteiger partial charge in [-0.1, -0.05) is 6.92 Å². The van der Waals surface area contributed by atoms with E-state index in [9.17, 15) is 27.9 Å². The smallest absolute Gasteiger partial charge is 0.419 e. The number of carbonyl (C=O) groups is 2. The lowest BCUT2D eigenvalue weighted by molar-refractivity contribution is -0.138. The van der Waals surface area contributed by atoms with Crippen molar-refractivity contribution < 1.29 is 27.9 Å². The third-order valence-corrected chi connectivity index (χ3v) is 8.05. The van der Waals surface area contributed by atoms with Gasteiger partial charge in [-0.2, -0.15) is 13.2 Å². The first-order chi connectivity index (χ1) is 16.0. The maximum Gasteiger partial charge on any atom is 0.419 e. The Labute approximate surface area is 195 Å². The van der Waals surface area contributed by atoms with E-state index in [1.54, 1.807) is 4.90 Å². The van der Waals surface area contributed by atoms with Crippen molar-refractivity contribution in [3.63, 3.8) is 0 Å². The molecule has 2 fully saturated rings. The molecule has 2 aliphatic heterocycles. The number of phenols is 1. The molecule has 1 saturated carbocycles. The summed E-state index contributed by atoms with van der Waals surface area (Å²) >= 11 is 0. The average Bonchev–Trinajstić information content (AvgIpc) is 3.40. The number of aromatic nitrogens is 1. The third-order valence-electron chi connectivity index (χ3n) is 8.05. The van der Waals surface area contributed by atoms with E-state index in [0.717, 1.165) is 49.5 Å². The van der Waals surface area contributed by atoms with Gasteiger partial charge in [-0.15, -0.1) is 0 Å². The van der Waals surface area contributed by atoms with Crippen LogP contribution in [0.25, 0.3) is 0 Å². The molecule has 0 unspecified atom stereocenters.